The number of rotatable bonds is 5. The number of benzene rings is 2. The molecule has 1 heterocycles. The van der Waals surface area contributed by atoms with Crippen molar-refractivity contribution in [3.05, 3.63) is 70.3 Å². The Morgan fingerprint density at radius 3 is 2.71 bits per heavy atom. The average molecular weight is 345 g/mol. The fourth-order valence-corrected chi connectivity index (χ4v) is 3.26. The summed E-state index contributed by atoms with van der Waals surface area (Å²) >= 11 is 0. The molecular formula is C20H25ClN2O. The van der Waals surface area contributed by atoms with Gasteiger partial charge in [0.2, 0.25) is 5.91 Å². The lowest BCUT2D eigenvalue weighted by atomic mass is 9.93. The van der Waals surface area contributed by atoms with Crippen molar-refractivity contribution in [2.75, 3.05) is 0 Å². The van der Waals surface area contributed by atoms with Crippen molar-refractivity contribution < 1.29 is 4.79 Å². The van der Waals surface area contributed by atoms with Gasteiger partial charge in [0.1, 0.15) is 0 Å². The summed E-state index contributed by atoms with van der Waals surface area (Å²) in [6.07, 6.45) is 0.525. The van der Waals surface area contributed by atoms with Gasteiger partial charge in [0, 0.05) is 26.1 Å². The van der Waals surface area contributed by atoms with Crippen molar-refractivity contribution in [1.29, 1.82) is 0 Å². The van der Waals surface area contributed by atoms with Crippen LogP contribution in [0.5, 0.6) is 0 Å². The van der Waals surface area contributed by atoms with Crippen molar-refractivity contribution in [3.63, 3.8) is 0 Å². The Morgan fingerprint density at radius 2 is 1.92 bits per heavy atom. The van der Waals surface area contributed by atoms with Crippen molar-refractivity contribution in [1.82, 2.24) is 10.6 Å². The molecule has 1 amide bonds. The molecule has 0 spiro atoms. The molecule has 1 aliphatic heterocycles. The van der Waals surface area contributed by atoms with Gasteiger partial charge in [-0.2, -0.15) is 0 Å². The van der Waals surface area contributed by atoms with Gasteiger partial charge < -0.3 is 10.6 Å². The molecule has 128 valence electrons. The maximum Gasteiger partial charge on any atom is 0.220 e. The standard InChI is InChI=1S/C20H24N2O.ClH/c1-14-5-3-4-6-19(14)15(2)9-20(23)22-11-16-7-8-17-12-21-13-18(17)10-16;/h3-8,10,15,21H,9,11-13H2,1-2H3,(H,22,23);1H. The molecule has 24 heavy (non-hydrogen) atoms. The van der Waals surface area contributed by atoms with Crippen LogP contribution in [-0.2, 0) is 24.4 Å². The topological polar surface area (TPSA) is 41.1 Å². The highest BCUT2D eigenvalue weighted by atomic mass is 35.5. The first kappa shape index (κ1) is 18.5. The van der Waals surface area contributed by atoms with E-state index in [9.17, 15) is 4.79 Å². The lowest BCUT2D eigenvalue weighted by Gasteiger charge is -2.14. The number of carbonyl (C=O) groups excluding carboxylic acids is 1. The molecule has 0 radical (unpaired) electrons. The van der Waals surface area contributed by atoms with E-state index in [1.807, 2.05) is 12.1 Å². The van der Waals surface area contributed by atoms with Crippen LogP contribution >= 0.6 is 12.4 Å². The number of nitrogens with one attached hydrogen (secondary N) is 2. The largest absolute Gasteiger partial charge is 0.352 e. The molecule has 0 aromatic heterocycles. The third kappa shape index (κ3) is 4.37. The summed E-state index contributed by atoms with van der Waals surface area (Å²) in [6.45, 7) is 6.70. The van der Waals surface area contributed by atoms with E-state index in [0.29, 0.717) is 13.0 Å². The number of fused-ring (bicyclic) bond motifs is 1. The molecule has 4 heteroatoms. The number of halogens is 1. The molecule has 0 aliphatic carbocycles. The number of aryl methyl sites for hydroxylation is 1. The lowest BCUT2D eigenvalue weighted by molar-refractivity contribution is -0.121. The van der Waals surface area contributed by atoms with Gasteiger partial charge >= 0.3 is 0 Å². The van der Waals surface area contributed by atoms with Gasteiger partial charge in [-0.15, -0.1) is 12.4 Å². The van der Waals surface area contributed by atoms with E-state index in [1.165, 1.54) is 27.8 Å². The van der Waals surface area contributed by atoms with Crippen LogP contribution in [0.25, 0.3) is 0 Å². The van der Waals surface area contributed by atoms with Gasteiger partial charge in [-0.25, -0.2) is 0 Å². The van der Waals surface area contributed by atoms with Crippen LogP contribution in [0.15, 0.2) is 42.5 Å². The van der Waals surface area contributed by atoms with Crippen LogP contribution in [0.4, 0.5) is 0 Å². The van der Waals surface area contributed by atoms with E-state index in [4.69, 9.17) is 0 Å². The normalized spacial score (nSPS) is 13.8. The number of carbonyl (C=O) groups is 1. The summed E-state index contributed by atoms with van der Waals surface area (Å²) in [5, 5.41) is 6.39. The summed E-state index contributed by atoms with van der Waals surface area (Å²) in [6, 6.07) is 14.7. The summed E-state index contributed by atoms with van der Waals surface area (Å²) in [5.41, 5.74) is 6.40. The third-order valence-corrected chi connectivity index (χ3v) is 4.60. The predicted molar refractivity (Wildman–Crippen MR) is 100 cm³/mol. The molecule has 2 aromatic rings. The van der Waals surface area contributed by atoms with Crippen LogP contribution < -0.4 is 10.6 Å². The first-order chi connectivity index (χ1) is 11.1. The zero-order chi connectivity index (χ0) is 16.2. The van der Waals surface area contributed by atoms with Gasteiger partial charge in [-0.1, -0.05) is 49.4 Å². The third-order valence-electron chi connectivity index (χ3n) is 4.60. The fourth-order valence-electron chi connectivity index (χ4n) is 3.26. The molecule has 0 saturated carbocycles. The molecule has 1 unspecified atom stereocenters. The number of hydrogen-bond donors (Lipinski definition) is 2. The van der Waals surface area contributed by atoms with E-state index in [-0.39, 0.29) is 24.2 Å². The zero-order valence-electron chi connectivity index (χ0n) is 14.3. The minimum Gasteiger partial charge on any atom is -0.352 e. The van der Waals surface area contributed by atoms with E-state index in [0.717, 1.165) is 13.1 Å². The fraction of sp³-hybridized carbons (Fsp3) is 0.350. The maximum atomic E-state index is 12.2. The minimum atomic E-state index is 0. The second-order valence-electron chi connectivity index (χ2n) is 6.45. The Kier molecular flexibility index (Phi) is 6.41. The Labute approximate surface area is 150 Å². The first-order valence-electron chi connectivity index (χ1n) is 8.27. The highest BCUT2D eigenvalue weighted by molar-refractivity contribution is 5.85. The van der Waals surface area contributed by atoms with Gasteiger partial charge in [0.25, 0.3) is 0 Å². The van der Waals surface area contributed by atoms with E-state index in [1.54, 1.807) is 0 Å². The Morgan fingerprint density at radius 1 is 1.17 bits per heavy atom. The van der Waals surface area contributed by atoms with Crippen LogP contribution in [0.1, 0.15) is 47.1 Å². The van der Waals surface area contributed by atoms with Crippen molar-refractivity contribution in [3.8, 4) is 0 Å². The van der Waals surface area contributed by atoms with Crippen molar-refractivity contribution in [2.45, 2.75) is 45.8 Å². The predicted octanol–water partition coefficient (Wildman–Crippen LogP) is 3.83. The van der Waals surface area contributed by atoms with Crippen LogP contribution in [0.3, 0.4) is 0 Å². The average Bonchev–Trinajstić information content (AvgIpc) is 3.01. The molecule has 3 nitrogen and oxygen atoms in total. The Hall–Kier alpha value is -1.84. The van der Waals surface area contributed by atoms with E-state index < -0.39 is 0 Å². The molecule has 1 atom stereocenters. The zero-order valence-corrected chi connectivity index (χ0v) is 15.1. The molecule has 0 bridgehead atoms. The monoisotopic (exact) mass is 344 g/mol. The second kappa shape index (κ2) is 8.32. The summed E-state index contributed by atoms with van der Waals surface area (Å²) in [4.78, 5) is 12.2. The molecule has 0 fully saturated rings. The van der Waals surface area contributed by atoms with Crippen LogP contribution in [0.2, 0.25) is 0 Å². The maximum absolute atomic E-state index is 12.2. The summed E-state index contributed by atoms with van der Waals surface area (Å²) < 4.78 is 0. The van der Waals surface area contributed by atoms with E-state index >= 15 is 0 Å². The smallest absolute Gasteiger partial charge is 0.220 e. The molecular weight excluding hydrogens is 320 g/mol. The highest BCUT2D eigenvalue weighted by Crippen LogP contribution is 2.22. The second-order valence-corrected chi connectivity index (χ2v) is 6.45. The van der Waals surface area contributed by atoms with Crippen molar-refractivity contribution >= 4 is 18.3 Å². The molecule has 0 saturated heterocycles. The van der Waals surface area contributed by atoms with Gasteiger partial charge in [0.05, 0.1) is 0 Å². The van der Waals surface area contributed by atoms with Gasteiger partial charge in [-0.3, -0.25) is 4.79 Å². The lowest BCUT2D eigenvalue weighted by Crippen LogP contribution is -2.24. The minimum absolute atomic E-state index is 0. The molecule has 1 aliphatic rings. The van der Waals surface area contributed by atoms with Gasteiger partial charge in [0.15, 0.2) is 0 Å². The van der Waals surface area contributed by atoms with Crippen molar-refractivity contribution in [2.24, 2.45) is 0 Å². The highest BCUT2D eigenvalue weighted by Gasteiger charge is 2.14. The Bertz CT molecular complexity index is 715. The summed E-state index contributed by atoms with van der Waals surface area (Å²) in [5.74, 6) is 0.347. The number of hydrogen-bond acceptors (Lipinski definition) is 2. The summed E-state index contributed by atoms with van der Waals surface area (Å²) in [7, 11) is 0. The van der Waals surface area contributed by atoms with Crippen LogP contribution in [-0.4, -0.2) is 5.91 Å². The van der Waals surface area contributed by atoms with Gasteiger partial charge in [-0.05, 0) is 40.7 Å². The van der Waals surface area contributed by atoms with Crippen LogP contribution in [0, 0.1) is 6.92 Å². The SMILES string of the molecule is Cc1ccccc1C(C)CC(=O)NCc1ccc2c(c1)CNC2.Cl. The first-order valence-corrected chi connectivity index (χ1v) is 8.27. The Balaban J connectivity index is 0.00000208. The molecule has 3 rings (SSSR count). The number of amides is 1. The quantitative estimate of drug-likeness (QED) is 0.865. The van der Waals surface area contributed by atoms with E-state index in [2.05, 4.69) is 54.8 Å². The molecule has 2 N–H and O–H groups in total. The molecule has 2 aromatic carbocycles.